The van der Waals surface area contributed by atoms with Gasteiger partial charge in [0, 0.05) is 10.9 Å². The van der Waals surface area contributed by atoms with Gasteiger partial charge in [0.25, 0.3) is 0 Å². The molecule has 1 aromatic rings. The molecule has 2 aliphatic rings. The second kappa shape index (κ2) is 6.41. The molecule has 1 heterocycles. The Morgan fingerprint density at radius 1 is 1.16 bits per heavy atom. The molecule has 106 valence electrons. The Balaban J connectivity index is 1.48. The molecule has 4 unspecified atom stereocenters. The van der Waals surface area contributed by atoms with Crippen LogP contribution in [0.4, 0.5) is 0 Å². The fourth-order valence-electron chi connectivity index (χ4n) is 4.30. The molecule has 0 radical (unpaired) electrons. The molecule has 0 spiro atoms. The maximum atomic E-state index is 6.49. The van der Waals surface area contributed by atoms with Crippen LogP contribution in [0, 0.1) is 17.8 Å². The first-order valence-electron chi connectivity index (χ1n) is 8.11. The van der Waals surface area contributed by atoms with Crippen molar-refractivity contribution in [2.75, 3.05) is 0 Å². The Labute approximate surface area is 121 Å². The molecule has 2 heteroatoms. The highest BCUT2D eigenvalue weighted by molar-refractivity contribution is 7.09. The first-order valence-corrected chi connectivity index (χ1v) is 8.99. The molecule has 0 aliphatic heterocycles. The average Bonchev–Trinajstić information content (AvgIpc) is 2.97. The van der Waals surface area contributed by atoms with E-state index in [4.69, 9.17) is 5.73 Å². The fourth-order valence-corrected chi connectivity index (χ4v) is 5.02. The summed E-state index contributed by atoms with van der Waals surface area (Å²) in [5, 5.41) is 2.17. The van der Waals surface area contributed by atoms with Gasteiger partial charge >= 0.3 is 0 Å². The van der Waals surface area contributed by atoms with Crippen LogP contribution in [0.1, 0.15) is 56.2 Å². The van der Waals surface area contributed by atoms with Crippen molar-refractivity contribution in [3.63, 3.8) is 0 Å². The number of aryl methyl sites for hydroxylation is 1. The monoisotopic (exact) mass is 277 g/mol. The summed E-state index contributed by atoms with van der Waals surface area (Å²) >= 11 is 1.87. The largest absolute Gasteiger partial charge is 0.327 e. The summed E-state index contributed by atoms with van der Waals surface area (Å²) in [5.74, 6) is 2.87. The summed E-state index contributed by atoms with van der Waals surface area (Å²) in [5.41, 5.74) is 6.49. The van der Waals surface area contributed by atoms with Gasteiger partial charge in [-0.3, -0.25) is 0 Å². The molecular weight excluding hydrogens is 250 g/mol. The highest BCUT2D eigenvalue weighted by Crippen LogP contribution is 2.43. The minimum Gasteiger partial charge on any atom is -0.327 e. The predicted octanol–water partition coefficient (Wildman–Crippen LogP) is 4.61. The third-order valence-electron chi connectivity index (χ3n) is 5.49. The maximum Gasteiger partial charge on any atom is 0.00707 e. The van der Waals surface area contributed by atoms with Crippen molar-refractivity contribution in [2.24, 2.45) is 23.5 Å². The average molecular weight is 277 g/mol. The standard InChI is InChI=1S/C17H27NS/c18-17(10-9-16-6-3-11-19-16)15-8-7-13-4-1-2-5-14(13)12-15/h3,6,11,13-15,17H,1-2,4-5,7-10,12,18H2. The van der Waals surface area contributed by atoms with Crippen LogP contribution >= 0.6 is 11.3 Å². The first-order chi connectivity index (χ1) is 9.33. The van der Waals surface area contributed by atoms with Crippen molar-refractivity contribution in [2.45, 2.75) is 63.8 Å². The lowest BCUT2D eigenvalue weighted by atomic mass is 9.66. The van der Waals surface area contributed by atoms with Crippen LogP contribution in [0.2, 0.25) is 0 Å². The Morgan fingerprint density at radius 3 is 2.79 bits per heavy atom. The highest BCUT2D eigenvalue weighted by atomic mass is 32.1. The molecule has 3 rings (SSSR count). The lowest BCUT2D eigenvalue weighted by Gasteiger charge is -2.41. The Hall–Kier alpha value is -0.340. The number of rotatable bonds is 4. The maximum absolute atomic E-state index is 6.49. The molecule has 4 atom stereocenters. The summed E-state index contributed by atoms with van der Waals surface area (Å²) in [6.07, 6.45) is 12.6. The van der Waals surface area contributed by atoms with Crippen molar-refractivity contribution in [3.05, 3.63) is 22.4 Å². The summed E-state index contributed by atoms with van der Waals surface area (Å²) < 4.78 is 0. The van der Waals surface area contributed by atoms with Crippen LogP contribution in [-0.2, 0) is 6.42 Å². The van der Waals surface area contributed by atoms with E-state index in [-0.39, 0.29) is 0 Å². The molecular formula is C17H27NS. The van der Waals surface area contributed by atoms with E-state index in [0.29, 0.717) is 6.04 Å². The zero-order chi connectivity index (χ0) is 13.1. The molecule has 2 saturated carbocycles. The normalized spacial score (nSPS) is 32.8. The third kappa shape index (κ3) is 3.41. The van der Waals surface area contributed by atoms with Gasteiger partial charge in [-0.1, -0.05) is 31.7 Å². The molecule has 1 aromatic heterocycles. The van der Waals surface area contributed by atoms with Gasteiger partial charge in [-0.25, -0.2) is 0 Å². The molecule has 0 bridgehead atoms. The van der Waals surface area contributed by atoms with Crippen LogP contribution in [-0.4, -0.2) is 6.04 Å². The summed E-state index contributed by atoms with van der Waals surface area (Å²) in [4.78, 5) is 1.50. The van der Waals surface area contributed by atoms with Gasteiger partial charge in [0.15, 0.2) is 0 Å². The Kier molecular flexibility index (Phi) is 4.60. The quantitative estimate of drug-likeness (QED) is 0.854. The second-order valence-electron chi connectivity index (χ2n) is 6.66. The predicted molar refractivity (Wildman–Crippen MR) is 83.4 cm³/mol. The van der Waals surface area contributed by atoms with E-state index in [2.05, 4.69) is 17.5 Å². The summed E-state index contributed by atoms with van der Waals surface area (Å²) in [6.45, 7) is 0. The molecule has 0 aromatic carbocycles. The van der Waals surface area contributed by atoms with Crippen LogP contribution in [0.25, 0.3) is 0 Å². The SMILES string of the molecule is NC(CCc1cccs1)C1CCC2CCCCC2C1. The van der Waals surface area contributed by atoms with E-state index in [1.54, 1.807) is 0 Å². The highest BCUT2D eigenvalue weighted by Gasteiger charge is 2.34. The molecule has 2 fully saturated rings. The molecule has 2 N–H and O–H groups in total. The number of fused-ring (bicyclic) bond motifs is 1. The van der Waals surface area contributed by atoms with Crippen LogP contribution in [0.15, 0.2) is 17.5 Å². The number of nitrogens with two attached hydrogens (primary N) is 1. The number of hydrogen-bond donors (Lipinski definition) is 1. The first kappa shape index (κ1) is 13.6. The minimum atomic E-state index is 0.435. The van der Waals surface area contributed by atoms with E-state index in [0.717, 1.165) is 17.8 Å². The lowest BCUT2D eigenvalue weighted by Crippen LogP contribution is -2.37. The van der Waals surface area contributed by atoms with E-state index in [1.807, 2.05) is 11.3 Å². The molecule has 0 amide bonds. The van der Waals surface area contributed by atoms with Crippen molar-refractivity contribution in [1.29, 1.82) is 0 Å². The van der Waals surface area contributed by atoms with Crippen LogP contribution in [0.3, 0.4) is 0 Å². The van der Waals surface area contributed by atoms with Crippen LogP contribution in [0.5, 0.6) is 0 Å². The van der Waals surface area contributed by atoms with Crippen molar-refractivity contribution < 1.29 is 0 Å². The van der Waals surface area contributed by atoms with Gasteiger partial charge in [-0.2, -0.15) is 0 Å². The summed E-state index contributed by atoms with van der Waals surface area (Å²) in [7, 11) is 0. The topological polar surface area (TPSA) is 26.0 Å². The summed E-state index contributed by atoms with van der Waals surface area (Å²) in [6, 6.07) is 4.83. The van der Waals surface area contributed by atoms with E-state index < -0.39 is 0 Å². The van der Waals surface area contributed by atoms with Gasteiger partial charge in [0.2, 0.25) is 0 Å². The Bertz CT molecular complexity index is 373. The van der Waals surface area contributed by atoms with Crippen LogP contribution < -0.4 is 5.73 Å². The molecule has 19 heavy (non-hydrogen) atoms. The van der Waals surface area contributed by atoms with Gasteiger partial charge in [-0.15, -0.1) is 11.3 Å². The molecule has 1 nitrogen and oxygen atoms in total. The Morgan fingerprint density at radius 2 is 2.00 bits per heavy atom. The third-order valence-corrected chi connectivity index (χ3v) is 6.43. The van der Waals surface area contributed by atoms with E-state index in [1.165, 1.54) is 62.7 Å². The second-order valence-corrected chi connectivity index (χ2v) is 7.69. The smallest absolute Gasteiger partial charge is 0.00707 e. The zero-order valence-corrected chi connectivity index (χ0v) is 12.7. The van der Waals surface area contributed by atoms with E-state index in [9.17, 15) is 0 Å². The van der Waals surface area contributed by atoms with Gasteiger partial charge < -0.3 is 5.73 Å². The van der Waals surface area contributed by atoms with Gasteiger partial charge in [0.1, 0.15) is 0 Å². The van der Waals surface area contributed by atoms with E-state index >= 15 is 0 Å². The number of hydrogen-bond acceptors (Lipinski definition) is 2. The fraction of sp³-hybridized carbons (Fsp3) is 0.765. The van der Waals surface area contributed by atoms with Gasteiger partial charge in [0.05, 0.1) is 0 Å². The zero-order valence-electron chi connectivity index (χ0n) is 11.9. The van der Waals surface area contributed by atoms with Crippen molar-refractivity contribution >= 4 is 11.3 Å². The van der Waals surface area contributed by atoms with Crippen molar-refractivity contribution in [1.82, 2.24) is 0 Å². The molecule has 2 aliphatic carbocycles. The molecule has 0 saturated heterocycles. The minimum absolute atomic E-state index is 0.435. The number of thiophene rings is 1. The van der Waals surface area contributed by atoms with Gasteiger partial charge in [-0.05, 0) is 61.3 Å². The van der Waals surface area contributed by atoms with Crippen molar-refractivity contribution in [3.8, 4) is 0 Å². The lowest BCUT2D eigenvalue weighted by molar-refractivity contribution is 0.115.